The molecule has 0 radical (unpaired) electrons. The first-order chi connectivity index (χ1) is 14.9. The first kappa shape index (κ1) is 16.7. The van der Waals surface area contributed by atoms with Gasteiger partial charge in [-0.05, 0) is 23.3 Å². The Balaban J connectivity index is 1.90. The smallest absolute Gasteiger partial charge is 0.100 e. The molecular formula is C26H16N4. The molecule has 140 valence electrons. The zero-order valence-electron chi connectivity index (χ0n) is 16.0. The monoisotopic (exact) mass is 384 g/mol. The summed E-state index contributed by atoms with van der Waals surface area (Å²) in [6.07, 6.45) is 3.48. The van der Waals surface area contributed by atoms with Crippen LogP contribution in [0.5, 0.6) is 0 Å². The summed E-state index contributed by atoms with van der Waals surface area (Å²) >= 11 is 0. The lowest BCUT2D eigenvalue weighted by molar-refractivity contribution is 1.29. The highest BCUT2D eigenvalue weighted by atomic mass is 14.8. The van der Waals surface area contributed by atoms with Crippen molar-refractivity contribution in [3.63, 3.8) is 0 Å². The van der Waals surface area contributed by atoms with Gasteiger partial charge in [0.2, 0.25) is 0 Å². The molecule has 0 fully saturated rings. The van der Waals surface area contributed by atoms with Gasteiger partial charge < -0.3 is 0 Å². The van der Waals surface area contributed by atoms with Crippen LogP contribution in [0.1, 0.15) is 0 Å². The van der Waals surface area contributed by atoms with Crippen molar-refractivity contribution in [1.82, 2.24) is 19.9 Å². The van der Waals surface area contributed by atoms with Crippen LogP contribution in [0, 0.1) is 0 Å². The molecule has 2 heterocycles. The molecule has 6 aromatic rings. The number of hydrogen-bond donors (Lipinski definition) is 0. The minimum Gasteiger partial charge on any atom is -0.252 e. The highest BCUT2D eigenvalue weighted by molar-refractivity contribution is 6.17. The molecule has 4 nitrogen and oxygen atoms in total. The maximum atomic E-state index is 5.06. The van der Waals surface area contributed by atoms with Gasteiger partial charge in [0.1, 0.15) is 11.0 Å². The molecular weight excluding hydrogens is 368 g/mol. The molecule has 0 unspecified atom stereocenters. The quantitative estimate of drug-likeness (QED) is 0.341. The van der Waals surface area contributed by atoms with Crippen molar-refractivity contribution in [2.75, 3.05) is 0 Å². The van der Waals surface area contributed by atoms with E-state index in [1.54, 1.807) is 12.4 Å². The van der Waals surface area contributed by atoms with Crippen LogP contribution in [0.3, 0.4) is 0 Å². The van der Waals surface area contributed by atoms with Gasteiger partial charge in [0.05, 0.1) is 22.1 Å². The normalized spacial score (nSPS) is 11.3. The van der Waals surface area contributed by atoms with E-state index in [9.17, 15) is 0 Å². The minimum atomic E-state index is 0.833. The third-order valence-electron chi connectivity index (χ3n) is 5.34. The minimum absolute atomic E-state index is 0.833. The molecule has 0 saturated carbocycles. The summed E-state index contributed by atoms with van der Waals surface area (Å²) in [5, 5.41) is 0. The molecule has 0 aliphatic heterocycles. The SMILES string of the molecule is c1ccc(-c2c3nccnc3c(-c3ccccc3)c3nc4ccccc4nc23)cc1. The predicted octanol–water partition coefficient (Wildman–Crippen LogP) is 6.06. The number of rotatable bonds is 2. The number of hydrogen-bond acceptors (Lipinski definition) is 4. The highest BCUT2D eigenvalue weighted by Gasteiger charge is 2.21. The lowest BCUT2D eigenvalue weighted by atomic mass is 9.94. The number of para-hydroxylation sites is 2. The van der Waals surface area contributed by atoms with Gasteiger partial charge in [0.15, 0.2) is 0 Å². The fourth-order valence-corrected chi connectivity index (χ4v) is 4.03. The highest BCUT2D eigenvalue weighted by Crippen LogP contribution is 2.40. The number of aromatic nitrogens is 4. The Labute approximate surface area is 172 Å². The van der Waals surface area contributed by atoms with Crippen LogP contribution in [0.15, 0.2) is 97.3 Å². The van der Waals surface area contributed by atoms with E-state index in [2.05, 4.69) is 24.3 Å². The Morgan fingerprint density at radius 3 is 1.23 bits per heavy atom. The predicted molar refractivity (Wildman–Crippen MR) is 121 cm³/mol. The maximum Gasteiger partial charge on any atom is 0.100 e. The van der Waals surface area contributed by atoms with Crippen molar-refractivity contribution >= 4 is 33.1 Å². The van der Waals surface area contributed by atoms with Crippen molar-refractivity contribution in [3.8, 4) is 22.3 Å². The maximum absolute atomic E-state index is 5.06. The van der Waals surface area contributed by atoms with Crippen molar-refractivity contribution in [1.29, 1.82) is 0 Å². The average Bonchev–Trinajstić information content (AvgIpc) is 2.82. The van der Waals surface area contributed by atoms with Gasteiger partial charge in [-0.1, -0.05) is 72.8 Å². The lowest BCUT2D eigenvalue weighted by Gasteiger charge is -2.15. The van der Waals surface area contributed by atoms with E-state index in [-0.39, 0.29) is 0 Å². The van der Waals surface area contributed by atoms with Crippen LogP contribution >= 0.6 is 0 Å². The molecule has 0 bridgehead atoms. The van der Waals surface area contributed by atoms with E-state index < -0.39 is 0 Å². The molecule has 6 rings (SSSR count). The molecule has 2 aromatic heterocycles. The average molecular weight is 384 g/mol. The van der Waals surface area contributed by atoms with Gasteiger partial charge in [-0.25, -0.2) is 9.97 Å². The summed E-state index contributed by atoms with van der Waals surface area (Å²) in [6.45, 7) is 0. The summed E-state index contributed by atoms with van der Waals surface area (Å²) in [5.74, 6) is 0. The molecule has 0 aliphatic carbocycles. The molecule has 4 heteroatoms. The van der Waals surface area contributed by atoms with Crippen LogP contribution in [0.2, 0.25) is 0 Å². The summed E-state index contributed by atoms with van der Waals surface area (Å²) in [7, 11) is 0. The fraction of sp³-hybridized carbons (Fsp3) is 0. The lowest BCUT2D eigenvalue weighted by Crippen LogP contribution is -1.98. The van der Waals surface area contributed by atoms with Crippen molar-refractivity contribution < 1.29 is 0 Å². The van der Waals surface area contributed by atoms with Crippen LogP contribution in [0.25, 0.3) is 55.4 Å². The number of fused-ring (bicyclic) bond motifs is 3. The largest absolute Gasteiger partial charge is 0.252 e. The van der Waals surface area contributed by atoms with Crippen molar-refractivity contribution in [3.05, 3.63) is 97.3 Å². The van der Waals surface area contributed by atoms with Gasteiger partial charge in [0.25, 0.3) is 0 Å². The van der Waals surface area contributed by atoms with Crippen molar-refractivity contribution in [2.24, 2.45) is 0 Å². The zero-order valence-corrected chi connectivity index (χ0v) is 16.0. The Hall–Kier alpha value is -4.18. The molecule has 0 atom stereocenters. The van der Waals surface area contributed by atoms with E-state index in [0.29, 0.717) is 0 Å². The van der Waals surface area contributed by atoms with E-state index in [4.69, 9.17) is 19.9 Å². The first-order valence-electron chi connectivity index (χ1n) is 9.84. The van der Waals surface area contributed by atoms with Crippen LogP contribution in [0.4, 0.5) is 0 Å². The molecule has 4 aromatic carbocycles. The van der Waals surface area contributed by atoms with E-state index in [0.717, 1.165) is 55.4 Å². The summed E-state index contributed by atoms with van der Waals surface area (Å²) in [5.41, 5.74) is 9.11. The molecule has 30 heavy (non-hydrogen) atoms. The van der Waals surface area contributed by atoms with Gasteiger partial charge in [-0.2, -0.15) is 0 Å². The Morgan fingerprint density at radius 2 is 0.800 bits per heavy atom. The third kappa shape index (κ3) is 2.54. The van der Waals surface area contributed by atoms with E-state index in [1.807, 2.05) is 60.7 Å². The van der Waals surface area contributed by atoms with Gasteiger partial charge >= 0.3 is 0 Å². The second kappa shape index (κ2) is 6.71. The van der Waals surface area contributed by atoms with Crippen LogP contribution < -0.4 is 0 Å². The molecule has 0 N–H and O–H groups in total. The molecule has 0 amide bonds. The van der Waals surface area contributed by atoms with E-state index in [1.165, 1.54) is 0 Å². The molecule has 0 saturated heterocycles. The standard InChI is InChI=1S/C26H16N4/c1-3-9-17(10-4-1)21-23-24(28-16-15-27-23)22(18-11-5-2-6-12-18)26-25(21)29-19-13-7-8-14-20(19)30-26/h1-16H. The first-order valence-corrected chi connectivity index (χ1v) is 9.84. The van der Waals surface area contributed by atoms with E-state index >= 15 is 0 Å². The fourth-order valence-electron chi connectivity index (χ4n) is 4.03. The van der Waals surface area contributed by atoms with Crippen molar-refractivity contribution in [2.45, 2.75) is 0 Å². The number of nitrogens with zero attached hydrogens (tertiary/aromatic N) is 4. The molecule has 0 aliphatic rings. The third-order valence-corrected chi connectivity index (χ3v) is 5.34. The summed E-state index contributed by atoms with van der Waals surface area (Å²) in [6, 6.07) is 28.5. The van der Waals surface area contributed by atoms with Crippen LogP contribution in [-0.4, -0.2) is 19.9 Å². The zero-order chi connectivity index (χ0) is 19.9. The molecule has 0 spiro atoms. The Bertz CT molecular complexity index is 1410. The second-order valence-corrected chi connectivity index (χ2v) is 7.15. The number of benzene rings is 4. The van der Waals surface area contributed by atoms with Gasteiger partial charge in [-0.3, -0.25) is 9.97 Å². The summed E-state index contributed by atoms with van der Waals surface area (Å²) < 4.78 is 0. The summed E-state index contributed by atoms with van der Waals surface area (Å²) in [4.78, 5) is 19.6. The Kier molecular flexibility index (Phi) is 3.74. The second-order valence-electron chi connectivity index (χ2n) is 7.15. The van der Waals surface area contributed by atoms with Gasteiger partial charge in [-0.15, -0.1) is 0 Å². The van der Waals surface area contributed by atoms with Gasteiger partial charge in [0, 0.05) is 23.5 Å². The Morgan fingerprint density at radius 1 is 0.400 bits per heavy atom. The topological polar surface area (TPSA) is 51.6 Å². The van der Waals surface area contributed by atoms with Crippen LogP contribution in [-0.2, 0) is 0 Å².